The van der Waals surface area contributed by atoms with Gasteiger partial charge in [0.25, 0.3) is 0 Å². The van der Waals surface area contributed by atoms with Crippen LogP contribution in [0.1, 0.15) is 48.6 Å². The monoisotopic (exact) mass is 1160 g/mol. The highest BCUT2D eigenvalue weighted by molar-refractivity contribution is 14.1. The lowest BCUT2D eigenvalue weighted by Gasteiger charge is -2.28. The van der Waals surface area contributed by atoms with Crippen molar-refractivity contribution in [1.29, 1.82) is 0 Å². The number of nitrogens with one attached hydrogen (secondary N) is 8. The molecule has 1 aliphatic rings. The van der Waals surface area contributed by atoms with Crippen molar-refractivity contribution in [2.45, 2.75) is 107 Å². The zero-order chi connectivity index (χ0) is 53.5. The number of benzene rings is 4. The number of nitrogens with two attached hydrogens (primary N) is 2. The van der Waals surface area contributed by atoms with Gasteiger partial charge < -0.3 is 63.9 Å². The maximum atomic E-state index is 15.0. The number of para-hydroxylation sites is 1. The van der Waals surface area contributed by atoms with Crippen LogP contribution < -0.4 is 48.7 Å². The molecule has 8 atom stereocenters. The van der Waals surface area contributed by atoms with Gasteiger partial charge in [-0.25, -0.2) is 0 Å². The number of hydrogen-bond donors (Lipinski definition) is 12. The third-order valence-electron chi connectivity index (χ3n) is 12.2. The highest BCUT2D eigenvalue weighted by Gasteiger charge is 2.35. The summed E-state index contributed by atoms with van der Waals surface area (Å²) in [6.07, 6.45) is 0.0685. The summed E-state index contributed by atoms with van der Waals surface area (Å²) in [6, 6.07) is 19.3. The van der Waals surface area contributed by atoms with Crippen LogP contribution in [0.4, 0.5) is 0 Å². The molecule has 7 amide bonds. The first-order valence-electron chi connectivity index (χ1n) is 24.0. The molecule has 1 aliphatic heterocycles. The molecule has 22 heteroatoms. The van der Waals surface area contributed by atoms with E-state index < -0.39 is 89.7 Å². The fraction of sp³-hybridized carbons (Fsp3) is 0.365. The number of phenolic OH excluding ortho intramolecular Hbond substituents is 1. The van der Waals surface area contributed by atoms with E-state index in [0.29, 0.717) is 32.4 Å². The molecular formula is C52H63IN10O9S2. The standard InChI is InChI=1S/C52H63IN10O9S2/c1-28(2)56-24-32-15-13-31(14-16-32)21-40-49(69)60-41(22-33-17-18-44(65)36(53)19-33)50(70)62-43(52(72)63-45(29(3)64)46(55)66)27-74-73-26-37(54)47(67)58-39(20-30-9-5-4-6-10-30)48(68)61-42(51(71)59-40)23-34-25-57-38-12-8-7-11-35(34)38/h4-19,25,28-29,37,39-43,45,56-57,64-65H,20-24,26-27,54H2,1-3H3,(H2,55,66)(H,58,67)(H,59,71)(H,60,69)(H,61,68)(H,62,70)(H,63,72)/t29-,37+,39+,40+,41+,42-,43+,45+/m1/s1/i53-2. The first-order valence-corrected chi connectivity index (χ1v) is 27.6. The number of hydrogen-bond acceptors (Lipinski definition) is 13. The number of amides is 7. The lowest BCUT2D eigenvalue weighted by atomic mass is 9.99. The average Bonchev–Trinajstić information content (AvgIpc) is 3.78. The minimum absolute atomic E-state index is 0.0147. The Kier molecular flexibility index (Phi) is 21.1. The zero-order valence-electron chi connectivity index (χ0n) is 41.1. The van der Waals surface area contributed by atoms with E-state index in [0.717, 1.165) is 38.1 Å². The summed E-state index contributed by atoms with van der Waals surface area (Å²) in [4.78, 5) is 103. The van der Waals surface area contributed by atoms with Crippen molar-refractivity contribution >= 4 is 96.4 Å². The van der Waals surface area contributed by atoms with Gasteiger partial charge in [0.05, 0.1) is 15.7 Å². The van der Waals surface area contributed by atoms with Crippen LogP contribution >= 0.6 is 44.2 Å². The van der Waals surface area contributed by atoms with E-state index in [4.69, 9.17) is 11.5 Å². The molecule has 0 aliphatic carbocycles. The van der Waals surface area contributed by atoms with Gasteiger partial charge in [-0.05, 0) is 75.5 Å². The van der Waals surface area contributed by atoms with Gasteiger partial charge in [-0.1, -0.05) is 114 Å². The van der Waals surface area contributed by atoms with Gasteiger partial charge in [0.15, 0.2) is 0 Å². The number of aromatic nitrogens is 1. The molecule has 4 aromatic carbocycles. The van der Waals surface area contributed by atoms with Crippen LogP contribution in [-0.4, -0.2) is 122 Å². The number of carbonyl (C=O) groups excluding carboxylic acids is 7. The topological polar surface area (TPSA) is 312 Å². The predicted octanol–water partition coefficient (Wildman–Crippen LogP) is 1.74. The van der Waals surface area contributed by atoms with Crippen LogP contribution in [0.5, 0.6) is 5.75 Å². The number of aromatic hydroxyl groups is 1. The van der Waals surface area contributed by atoms with Crippen LogP contribution in [-0.2, 0) is 65.8 Å². The summed E-state index contributed by atoms with van der Waals surface area (Å²) < 4.78 is 0.457. The molecule has 74 heavy (non-hydrogen) atoms. The Labute approximate surface area is 450 Å². The quantitative estimate of drug-likeness (QED) is 0.0526. The second-order valence-corrected chi connectivity index (χ2v) is 22.1. The van der Waals surface area contributed by atoms with Gasteiger partial charge in [0, 0.05) is 66.9 Å². The van der Waals surface area contributed by atoms with Gasteiger partial charge in [-0.15, -0.1) is 0 Å². The van der Waals surface area contributed by atoms with Gasteiger partial charge in [0.2, 0.25) is 41.4 Å². The molecule has 1 fully saturated rings. The third-order valence-corrected chi connectivity index (χ3v) is 15.5. The van der Waals surface area contributed by atoms with E-state index in [2.05, 4.69) is 42.2 Å². The summed E-state index contributed by atoms with van der Waals surface area (Å²) >= 11 is 1.93. The number of aliphatic hydroxyl groups excluding tert-OH is 1. The van der Waals surface area contributed by atoms with Gasteiger partial charge >= 0.3 is 0 Å². The minimum Gasteiger partial charge on any atom is -0.507 e. The number of aromatic amines is 1. The Morgan fingerprint density at radius 1 is 0.676 bits per heavy atom. The third kappa shape index (κ3) is 16.7. The molecule has 0 radical (unpaired) electrons. The van der Waals surface area contributed by atoms with E-state index >= 15 is 4.79 Å². The van der Waals surface area contributed by atoms with E-state index in [-0.39, 0.29) is 49.0 Å². The molecule has 394 valence electrons. The molecule has 0 spiro atoms. The number of phenols is 1. The molecule has 0 unspecified atom stereocenters. The molecule has 14 N–H and O–H groups in total. The van der Waals surface area contributed by atoms with Gasteiger partial charge in [-0.2, -0.15) is 0 Å². The molecule has 1 saturated heterocycles. The van der Waals surface area contributed by atoms with Crippen LogP contribution in [0.15, 0.2) is 103 Å². The molecular weight excluding hydrogens is 1100 g/mol. The van der Waals surface area contributed by atoms with Crippen LogP contribution in [0.2, 0.25) is 0 Å². The lowest BCUT2D eigenvalue weighted by Crippen LogP contribution is -2.61. The largest absolute Gasteiger partial charge is 0.507 e. The number of rotatable bonds is 15. The fourth-order valence-corrected chi connectivity index (χ4v) is 10.9. The number of fused-ring (bicyclic) bond motifs is 1. The van der Waals surface area contributed by atoms with Crippen molar-refractivity contribution in [3.63, 3.8) is 0 Å². The number of halogens is 1. The molecule has 5 aromatic rings. The Bertz CT molecular complexity index is 2770. The van der Waals surface area contributed by atoms with E-state index in [1.165, 1.54) is 13.0 Å². The maximum Gasteiger partial charge on any atom is 0.244 e. The van der Waals surface area contributed by atoms with Gasteiger partial charge in [-0.3, -0.25) is 33.6 Å². The van der Waals surface area contributed by atoms with Crippen molar-refractivity contribution in [3.05, 3.63) is 135 Å². The second-order valence-electron chi connectivity index (χ2n) is 18.4. The molecule has 2 heterocycles. The number of primary amides is 1. The van der Waals surface area contributed by atoms with Crippen molar-refractivity contribution in [1.82, 2.24) is 42.2 Å². The molecule has 6 rings (SSSR count). The lowest BCUT2D eigenvalue weighted by molar-refractivity contribution is -0.135. The first-order chi connectivity index (χ1) is 35.3. The fourth-order valence-electron chi connectivity index (χ4n) is 8.02. The van der Waals surface area contributed by atoms with E-state index in [1.54, 1.807) is 42.6 Å². The predicted molar refractivity (Wildman–Crippen MR) is 294 cm³/mol. The van der Waals surface area contributed by atoms with Crippen molar-refractivity contribution in [3.8, 4) is 5.75 Å². The maximum absolute atomic E-state index is 15.0. The Balaban J connectivity index is 1.43. The first kappa shape index (κ1) is 57.1. The van der Waals surface area contributed by atoms with Crippen LogP contribution in [0, 0.1) is 3.57 Å². The number of carbonyl (C=O) groups is 7. The average molecular weight is 1160 g/mol. The molecule has 0 bridgehead atoms. The highest BCUT2D eigenvalue weighted by atomic mass is 125. The highest BCUT2D eigenvalue weighted by Crippen LogP contribution is 2.25. The minimum atomic E-state index is -1.53. The van der Waals surface area contributed by atoms with Gasteiger partial charge in [0.1, 0.15) is 42.0 Å². The second kappa shape index (κ2) is 27.4. The summed E-state index contributed by atoms with van der Waals surface area (Å²) in [5.41, 5.74) is 16.2. The van der Waals surface area contributed by atoms with Crippen LogP contribution in [0.25, 0.3) is 10.9 Å². The smallest absolute Gasteiger partial charge is 0.244 e. The normalized spacial score (nSPS) is 21.6. The molecule has 0 saturated carbocycles. The zero-order valence-corrected chi connectivity index (χ0v) is 44.9. The van der Waals surface area contributed by atoms with Crippen molar-refractivity contribution in [2.24, 2.45) is 11.5 Å². The summed E-state index contributed by atoms with van der Waals surface area (Å²) in [7, 11) is 2.16. The summed E-state index contributed by atoms with van der Waals surface area (Å²) in [6.45, 7) is 5.90. The van der Waals surface area contributed by atoms with Crippen molar-refractivity contribution in [2.75, 3.05) is 11.5 Å². The summed E-state index contributed by atoms with van der Waals surface area (Å²) in [5.74, 6) is -5.90. The Hall–Kier alpha value is -6.18. The summed E-state index contributed by atoms with van der Waals surface area (Å²) in [5, 5.41) is 41.3. The Morgan fingerprint density at radius 2 is 1.19 bits per heavy atom. The van der Waals surface area contributed by atoms with Crippen molar-refractivity contribution < 1.29 is 43.8 Å². The molecule has 19 nitrogen and oxygen atoms in total. The number of H-pyrrole nitrogens is 1. The van der Waals surface area contributed by atoms with E-state index in [1.807, 2.05) is 91.0 Å². The SMILES string of the molecule is CC(C)NCc1ccc(C[C@@H]2NC(=O)[C@@H](Cc3c[nH]c4ccccc34)NC(=O)[C@H](Cc3ccccc3)NC(=O)[C@@H](N)CSSC[C@@H](C(=O)N[C@H](C(N)=O)[C@@H](C)O)NC(=O)[C@H](Cc3ccc(O)c([125I])c3)NC2=O)cc1. The Morgan fingerprint density at radius 3 is 1.78 bits per heavy atom. The number of aliphatic hydroxyl groups is 1. The van der Waals surface area contributed by atoms with Crippen LogP contribution in [0.3, 0.4) is 0 Å². The van der Waals surface area contributed by atoms with E-state index in [9.17, 15) is 39.0 Å². The molecule has 1 aromatic heterocycles.